The number of carbonyl (C=O) groups is 3. The molecule has 2 aromatic carbocycles. The van der Waals surface area contributed by atoms with Gasteiger partial charge in [-0.1, -0.05) is 74.5 Å². The van der Waals surface area contributed by atoms with Crippen LogP contribution in [0, 0.1) is 5.41 Å². The number of likely N-dealkylation sites (tertiary alicyclic amines) is 1. The van der Waals surface area contributed by atoms with Crippen molar-refractivity contribution in [1.82, 2.24) is 10.2 Å². The fourth-order valence-electron chi connectivity index (χ4n) is 4.50. The van der Waals surface area contributed by atoms with E-state index in [0.29, 0.717) is 13.1 Å². The fraction of sp³-hybridized carbons (Fsp3) is 0.393. The van der Waals surface area contributed by atoms with E-state index < -0.39 is 17.4 Å². The van der Waals surface area contributed by atoms with Crippen molar-refractivity contribution in [3.05, 3.63) is 65.2 Å². The summed E-state index contributed by atoms with van der Waals surface area (Å²) >= 11 is 1.80. The highest BCUT2D eigenvalue weighted by Gasteiger charge is 2.30. The van der Waals surface area contributed by atoms with E-state index in [2.05, 4.69) is 53.8 Å². The van der Waals surface area contributed by atoms with E-state index in [4.69, 9.17) is 0 Å². The summed E-state index contributed by atoms with van der Waals surface area (Å²) in [5, 5.41) is 12.1. The number of hydrogen-bond acceptors (Lipinski definition) is 4. The quantitative estimate of drug-likeness (QED) is 0.525. The van der Waals surface area contributed by atoms with Gasteiger partial charge in [-0.3, -0.25) is 9.59 Å². The summed E-state index contributed by atoms with van der Waals surface area (Å²) in [6, 6.07) is 15.9. The van der Waals surface area contributed by atoms with Gasteiger partial charge in [-0.2, -0.15) is 0 Å². The molecule has 2 amide bonds. The Balaban J connectivity index is 1.43. The summed E-state index contributed by atoms with van der Waals surface area (Å²) in [5.74, 6) is -1.52. The molecule has 2 aliphatic rings. The van der Waals surface area contributed by atoms with E-state index in [1.54, 1.807) is 32.5 Å². The van der Waals surface area contributed by atoms with Gasteiger partial charge in [0.2, 0.25) is 11.8 Å². The van der Waals surface area contributed by atoms with Crippen molar-refractivity contribution in [3.63, 3.8) is 0 Å². The Morgan fingerprint density at radius 3 is 2.03 bits per heavy atom. The zero-order chi connectivity index (χ0) is 25.2. The largest absolute Gasteiger partial charge is 0.480 e. The Morgan fingerprint density at radius 1 is 0.971 bits per heavy atom. The maximum absolute atomic E-state index is 12.9. The van der Waals surface area contributed by atoms with Crippen LogP contribution >= 0.6 is 11.8 Å². The number of carboxylic acid groups (broad SMARTS) is 1. The van der Waals surface area contributed by atoms with E-state index in [0.717, 1.165) is 12.8 Å². The zero-order valence-corrected chi connectivity index (χ0v) is 21.3. The number of benzene rings is 2. The highest BCUT2D eigenvalue weighted by atomic mass is 32.2. The number of aliphatic carboxylic acids is 1. The molecule has 0 aromatic heterocycles. The molecule has 7 heteroatoms. The third kappa shape index (κ3) is 5.61. The van der Waals surface area contributed by atoms with Crippen molar-refractivity contribution in [2.45, 2.75) is 62.3 Å². The van der Waals surface area contributed by atoms with Gasteiger partial charge in [0.25, 0.3) is 0 Å². The van der Waals surface area contributed by atoms with E-state index in [1.165, 1.54) is 32.1 Å². The van der Waals surface area contributed by atoms with Gasteiger partial charge in [0.05, 0.1) is 0 Å². The molecule has 4 rings (SSSR count). The van der Waals surface area contributed by atoms with Crippen LogP contribution in [0.15, 0.2) is 63.9 Å². The molecule has 0 unspecified atom stereocenters. The Kier molecular flexibility index (Phi) is 7.36. The number of carbonyl (C=O) groups excluding carboxylic acids is 2. The van der Waals surface area contributed by atoms with Crippen LogP contribution < -0.4 is 5.32 Å². The maximum Gasteiger partial charge on any atom is 0.326 e. The van der Waals surface area contributed by atoms with Crippen molar-refractivity contribution in [1.29, 1.82) is 0 Å². The summed E-state index contributed by atoms with van der Waals surface area (Å²) in [5.41, 5.74) is 4.46. The standard InChI is InChI=1S/C28H32N2O4S/c1-28(2,3)27(34)29-21(26(32)33)12-13-24(31)30-16-14-18(15-17-30)25-19-8-4-6-10-22(19)35-23-11-7-5-9-20(23)25/h4-11,21H,12-17H2,1-3H3,(H,29,34)(H,32,33)/t21-/m0/s1. The number of nitrogens with one attached hydrogen (secondary N) is 1. The Bertz CT molecular complexity index is 1120. The Hall–Kier alpha value is -3.06. The SMILES string of the molecule is CC(C)(C)C(=O)N[C@@H](CCC(=O)N1CCC(=C2c3ccccc3Sc3ccccc32)CC1)C(=O)O. The molecular weight excluding hydrogens is 460 g/mol. The monoisotopic (exact) mass is 492 g/mol. The number of rotatable bonds is 5. The first-order valence-electron chi connectivity index (χ1n) is 12.1. The zero-order valence-electron chi connectivity index (χ0n) is 20.5. The second-order valence-corrected chi connectivity index (χ2v) is 11.2. The molecule has 6 nitrogen and oxygen atoms in total. The first-order chi connectivity index (χ1) is 16.6. The lowest BCUT2D eigenvalue weighted by Crippen LogP contribution is -2.46. The molecule has 0 aliphatic carbocycles. The molecule has 0 radical (unpaired) electrons. The summed E-state index contributed by atoms with van der Waals surface area (Å²) in [7, 11) is 0. The molecule has 0 bridgehead atoms. The lowest BCUT2D eigenvalue weighted by atomic mass is 9.88. The van der Waals surface area contributed by atoms with Crippen LogP contribution in [-0.4, -0.2) is 46.9 Å². The molecule has 2 aliphatic heterocycles. The van der Waals surface area contributed by atoms with Gasteiger partial charge < -0.3 is 15.3 Å². The van der Waals surface area contributed by atoms with Crippen molar-refractivity contribution in [3.8, 4) is 0 Å². The molecule has 1 atom stereocenters. The predicted molar refractivity (Wildman–Crippen MR) is 137 cm³/mol. The minimum Gasteiger partial charge on any atom is -0.480 e. The van der Waals surface area contributed by atoms with Gasteiger partial charge >= 0.3 is 5.97 Å². The first kappa shape index (κ1) is 25.0. The number of carboxylic acids is 1. The molecule has 2 heterocycles. The van der Waals surface area contributed by atoms with E-state index in [-0.39, 0.29) is 24.7 Å². The Morgan fingerprint density at radius 2 is 1.51 bits per heavy atom. The normalized spacial score (nSPS) is 16.3. The van der Waals surface area contributed by atoms with Crippen molar-refractivity contribution in [2.75, 3.05) is 13.1 Å². The Labute approximate surface area is 210 Å². The average Bonchev–Trinajstić information content (AvgIpc) is 2.84. The van der Waals surface area contributed by atoms with Crippen LogP contribution in [0.1, 0.15) is 57.6 Å². The third-order valence-electron chi connectivity index (χ3n) is 6.54. The van der Waals surface area contributed by atoms with Crippen LogP contribution in [0.25, 0.3) is 5.57 Å². The fourth-order valence-corrected chi connectivity index (χ4v) is 5.59. The molecule has 0 saturated carbocycles. The van der Waals surface area contributed by atoms with Gasteiger partial charge in [-0.05, 0) is 48.1 Å². The molecule has 1 fully saturated rings. The van der Waals surface area contributed by atoms with Gasteiger partial charge in [-0.15, -0.1) is 0 Å². The average molecular weight is 493 g/mol. The molecule has 35 heavy (non-hydrogen) atoms. The van der Waals surface area contributed by atoms with E-state index in [9.17, 15) is 19.5 Å². The second-order valence-electron chi connectivity index (χ2n) is 10.1. The summed E-state index contributed by atoms with van der Waals surface area (Å²) in [6.45, 7) is 6.42. The predicted octanol–water partition coefficient (Wildman–Crippen LogP) is 4.97. The van der Waals surface area contributed by atoms with Crippen LogP contribution in [0.4, 0.5) is 0 Å². The van der Waals surface area contributed by atoms with Crippen molar-refractivity contribution >= 4 is 35.1 Å². The van der Waals surface area contributed by atoms with Gasteiger partial charge in [0, 0.05) is 34.7 Å². The smallest absolute Gasteiger partial charge is 0.326 e. The van der Waals surface area contributed by atoms with Crippen LogP contribution in [-0.2, 0) is 14.4 Å². The summed E-state index contributed by atoms with van der Waals surface area (Å²) < 4.78 is 0. The number of piperidine rings is 1. The van der Waals surface area contributed by atoms with Crippen LogP contribution in [0.2, 0.25) is 0 Å². The highest BCUT2D eigenvalue weighted by molar-refractivity contribution is 7.99. The minimum atomic E-state index is -1.12. The lowest BCUT2D eigenvalue weighted by molar-refractivity contribution is -0.144. The molecule has 2 aromatic rings. The number of nitrogens with zero attached hydrogens (tertiary/aromatic N) is 1. The van der Waals surface area contributed by atoms with Crippen molar-refractivity contribution < 1.29 is 19.5 Å². The lowest BCUT2D eigenvalue weighted by Gasteiger charge is -2.32. The number of fused-ring (bicyclic) bond motifs is 2. The molecular formula is C28H32N2O4S. The van der Waals surface area contributed by atoms with Crippen molar-refractivity contribution in [2.24, 2.45) is 5.41 Å². The minimum absolute atomic E-state index is 0.0645. The van der Waals surface area contributed by atoms with E-state index >= 15 is 0 Å². The van der Waals surface area contributed by atoms with Gasteiger partial charge in [0.1, 0.15) is 6.04 Å². The van der Waals surface area contributed by atoms with Crippen LogP contribution in [0.3, 0.4) is 0 Å². The van der Waals surface area contributed by atoms with Gasteiger partial charge in [0.15, 0.2) is 0 Å². The van der Waals surface area contributed by atoms with Crippen LogP contribution in [0.5, 0.6) is 0 Å². The summed E-state index contributed by atoms with van der Waals surface area (Å²) in [6.07, 6.45) is 1.75. The maximum atomic E-state index is 12.9. The highest BCUT2D eigenvalue weighted by Crippen LogP contribution is 2.47. The topological polar surface area (TPSA) is 86.7 Å². The molecule has 0 spiro atoms. The first-order valence-corrected chi connectivity index (χ1v) is 12.9. The molecule has 184 valence electrons. The van der Waals surface area contributed by atoms with E-state index in [1.807, 2.05) is 4.90 Å². The molecule has 2 N–H and O–H groups in total. The van der Waals surface area contributed by atoms with Gasteiger partial charge in [-0.25, -0.2) is 4.79 Å². The second kappa shape index (κ2) is 10.3. The summed E-state index contributed by atoms with van der Waals surface area (Å²) in [4.78, 5) is 41.1. The number of hydrogen-bond donors (Lipinski definition) is 2. The number of amides is 2. The molecule has 1 saturated heterocycles. The third-order valence-corrected chi connectivity index (χ3v) is 7.69.